The number of imidazole rings is 1. The highest BCUT2D eigenvalue weighted by molar-refractivity contribution is 9.10. The van der Waals surface area contributed by atoms with Gasteiger partial charge < -0.3 is 9.72 Å². The van der Waals surface area contributed by atoms with Gasteiger partial charge in [-0.25, -0.2) is 9.78 Å². The summed E-state index contributed by atoms with van der Waals surface area (Å²) in [5.74, 6) is 1.15. The van der Waals surface area contributed by atoms with Crippen molar-refractivity contribution in [2.45, 2.75) is 51.3 Å². The fourth-order valence-corrected chi connectivity index (χ4v) is 4.00. The number of ether oxygens (including phenoxy) is 1. The summed E-state index contributed by atoms with van der Waals surface area (Å²) in [7, 11) is 0. The lowest BCUT2D eigenvalue weighted by Crippen LogP contribution is -2.38. The number of hydrogen-bond donors (Lipinski definition) is 1. The highest BCUT2D eigenvalue weighted by atomic mass is 79.9. The molecule has 3 atom stereocenters. The monoisotopic (exact) mass is 428 g/mol. The number of aromatic amines is 1. The Bertz CT molecular complexity index is 923. The smallest absolute Gasteiger partial charge is 0.411 e. The van der Waals surface area contributed by atoms with Crippen LogP contribution in [-0.2, 0) is 4.74 Å². The second-order valence-electron chi connectivity index (χ2n) is 8.17. The Morgan fingerprint density at radius 1 is 1.33 bits per heavy atom. The van der Waals surface area contributed by atoms with Gasteiger partial charge in [0.25, 0.3) is 0 Å². The SMILES string of the molecule is CC(C)(C)OC(=O)N1[C@@H]2CC2C[C@H]1c1nc(C#N)c(-c2ccc(Br)cc2)[nH]1. The summed E-state index contributed by atoms with van der Waals surface area (Å²) in [5.41, 5.74) is 1.38. The average Bonchev–Trinajstić information content (AvgIpc) is 3.05. The number of nitriles is 1. The summed E-state index contributed by atoms with van der Waals surface area (Å²) >= 11 is 3.42. The van der Waals surface area contributed by atoms with Crippen LogP contribution in [0.5, 0.6) is 0 Å². The molecule has 2 fully saturated rings. The molecule has 4 rings (SSSR count). The Morgan fingerprint density at radius 3 is 2.67 bits per heavy atom. The van der Waals surface area contributed by atoms with Gasteiger partial charge in [-0.15, -0.1) is 0 Å². The van der Waals surface area contributed by atoms with Crippen LogP contribution in [0.15, 0.2) is 28.7 Å². The highest BCUT2D eigenvalue weighted by Crippen LogP contribution is 2.53. The zero-order chi connectivity index (χ0) is 19.3. The minimum absolute atomic E-state index is 0.181. The number of amides is 1. The molecule has 1 aliphatic heterocycles. The molecule has 7 heteroatoms. The summed E-state index contributed by atoms with van der Waals surface area (Å²) in [6, 6.07) is 9.92. The zero-order valence-electron chi connectivity index (χ0n) is 15.5. The molecule has 1 unspecified atom stereocenters. The molecule has 0 spiro atoms. The summed E-state index contributed by atoms with van der Waals surface area (Å²) in [6.45, 7) is 5.60. The maximum absolute atomic E-state index is 12.7. The molecule has 140 valence electrons. The van der Waals surface area contributed by atoms with E-state index in [9.17, 15) is 10.1 Å². The summed E-state index contributed by atoms with van der Waals surface area (Å²) < 4.78 is 6.58. The van der Waals surface area contributed by atoms with E-state index in [0.717, 1.165) is 22.9 Å². The van der Waals surface area contributed by atoms with Crippen LogP contribution in [0.3, 0.4) is 0 Å². The van der Waals surface area contributed by atoms with E-state index >= 15 is 0 Å². The second kappa shape index (κ2) is 6.38. The Hall–Kier alpha value is -2.33. The largest absolute Gasteiger partial charge is 0.444 e. The van der Waals surface area contributed by atoms with Crippen molar-refractivity contribution in [2.24, 2.45) is 5.92 Å². The van der Waals surface area contributed by atoms with Crippen LogP contribution in [0.25, 0.3) is 11.3 Å². The van der Waals surface area contributed by atoms with Crippen LogP contribution in [0, 0.1) is 17.2 Å². The van der Waals surface area contributed by atoms with Crippen molar-refractivity contribution in [1.29, 1.82) is 5.26 Å². The number of hydrogen-bond acceptors (Lipinski definition) is 4. The first-order valence-electron chi connectivity index (χ1n) is 9.04. The molecule has 1 N–H and O–H groups in total. The summed E-state index contributed by atoms with van der Waals surface area (Å²) in [5, 5.41) is 9.53. The van der Waals surface area contributed by atoms with Crippen molar-refractivity contribution in [3.8, 4) is 17.3 Å². The van der Waals surface area contributed by atoms with Crippen molar-refractivity contribution in [3.05, 3.63) is 40.3 Å². The van der Waals surface area contributed by atoms with Gasteiger partial charge in [0.1, 0.15) is 17.5 Å². The van der Waals surface area contributed by atoms with E-state index < -0.39 is 5.60 Å². The Labute approximate surface area is 166 Å². The summed E-state index contributed by atoms with van der Waals surface area (Å²) in [6.07, 6.45) is 1.56. The number of piperidine rings is 1. The van der Waals surface area contributed by atoms with Crippen molar-refractivity contribution in [3.63, 3.8) is 0 Å². The first-order valence-corrected chi connectivity index (χ1v) is 9.83. The maximum Gasteiger partial charge on any atom is 0.411 e. The molecular formula is C20H21BrN4O2. The van der Waals surface area contributed by atoms with Crippen molar-refractivity contribution >= 4 is 22.0 Å². The van der Waals surface area contributed by atoms with Gasteiger partial charge in [0.2, 0.25) is 0 Å². The van der Waals surface area contributed by atoms with E-state index in [1.165, 1.54) is 0 Å². The molecule has 6 nitrogen and oxygen atoms in total. The van der Waals surface area contributed by atoms with E-state index in [-0.39, 0.29) is 18.2 Å². The van der Waals surface area contributed by atoms with Crippen LogP contribution < -0.4 is 0 Å². The number of benzene rings is 1. The standard InChI is InChI=1S/C20H21BrN4O2/c1-20(2,3)27-19(26)25-15-8-12(15)9-16(25)18-23-14(10-22)17(24-18)11-4-6-13(21)7-5-11/h4-7,12,15-16H,8-9H2,1-3H3,(H,23,24)/t12?,15-,16+/m1/s1. The minimum Gasteiger partial charge on any atom is -0.444 e. The number of rotatable bonds is 2. The van der Waals surface area contributed by atoms with Gasteiger partial charge in [-0.2, -0.15) is 5.26 Å². The van der Waals surface area contributed by atoms with E-state index in [4.69, 9.17) is 4.74 Å². The number of likely N-dealkylation sites (tertiary alicyclic amines) is 1. The number of carbonyl (C=O) groups is 1. The first-order chi connectivity index (χ1) is 12.8. The summed E-state index contributed by atoms with van der Waals surface area (Å²) in [4.78, 5) is 22.4. The maximum atomic E-state index is 12.7. The quantitative estimate of drug-likeness (QED) is 0.745. The van der Waals surface area contributed by atoms with Gasteiger partial charge in [-0.1, -0.05) is 28.1 Å². The van der Waals surface area contributed by atoms with Crippen LogP contribution in [0.2, 0.25) is 0 Å². The van der Waals surface area contributed by atoms with Crippen molar-refractivity contribution in [2.75, 3.05) is 0 Å². The van der Waals surface area contributed by atoms with Crippen molar-refractivity contribution in [1.82, 2.24) is 14.9 Å². The normalized spacial score (nSPS) is 23.7. The van der Waals surface area contributed by atoms with Gasteiger partial charge in [-0.05, 0) is 51.7 Å². The van der Waals surface area contributed by atoms with E-state index in [2.05, 4.69) is 32.0 Å². The lowest BCUT2D eigenvalue weighted by Gasteiger charge is -2.29. The molecule has 1 aliphatic carbocycles. The minimum atomic E-state index is -0.543. The average molecular weight is 429 g/mol. The number of fused-ring (bicyclic) bond motifs is 1. The third-order valence-electron chi connectivity index (χ3n) is 4.99. The van der Waals surface area contributed by atoms with Crippen molar-refractivity contribution < 1.29 is 9.53 Å². The molecule has 2 heterocycles. The van der Waals surface area contributed by atoms with Crippen LogP contribution >= 0.6 is 15.9 Å². The topological polar surface area (TPSA) is 82.0 Å². The van der Waals surface area contributed by atoms with Gasteiger partial charge in [-0.3, -0.25) is 4.90 Å². The molecule has 1 saturated carbocycles. The molecule has 2 aromatic rings. The number of halogens is 1. The molecule has 1 aromatic carbocycles. The highest BCUT2D eigenvalue weighted by Gasteiger charge is 2.56. The Morgan fingerprint density at radius 2 is 2.04 bits per heavy atom. The molecular weight excluding hydrogens is 408 g/mol. The lowest BCUT2D eigenvalue weighted by atomic mass is 10.1. The number of nitrogens with zero attached hydrogens (tertiary/aromatic N) is 3. The van der Waals surface area contributed by atoms with E-state index in [1.807, 2.05) is 45.0 Å². The number of H-pyrrole nitrogens is 1. The predicted octanol–water partition coefficient (Wildman–Crippen LogP) is 4.78. The van der Waals surface area contributed by atoms with E-state index in [1.54, 1.807) is 4.90 Å². The van der Waals surface area contributed by atoms with Gasteiger partial charge >= 0.3 is 6.09 Å². The van der Waals surface area contributed by atoms with Gasteiger partial charge in [0.05, 0.1) is 11.7 Å². The van der Waals surface area contributed by atoms with Crippen LogP contribution in [-0.4, -0.2) is 32.6 Å². The van der Waals surface area contributed by atoms with Crippen LogP contribution in [0.4, 0.5) is 4.79 Å². The third kappa shape index (κ3) is 3.46. The molecule has 0 bridgehead atoms. The zero-order valence-corrected chi connectivity index (χ0v) is 17.1. The fraction of sp³-hybridized carbons (Fsp3) is 0.450. The molecule has 1 amide bonds. The van der Waals surface area contributed by atoms with Crippen LogP contribution in [0.1, 0.15) is 51.2 Å². The second-order valence-corrected chi connectivity index (χ2v) is 9.08. The lowest BCUT2D eigenvalue weighted by molar-refractivity contribution is 0.0175. The Kier molecular flexibility index (Phi) is 4.26. The fourth-order valence-electron chi connectivity index (χ4n) is 3.73. The van der Waals surface area contributed by atoms with E-state index in [0.29, 0.717) is 23.1 Å². The molecule has 27 heavy (non-hydrogen) atoms. The molecule has 1 aromatic heterocycles. The molecule has 2 aliphatic rings. The van der Waals surface area contributed by atoms with Gasteiger partial charge in [0, 0.05) is 16.1 Å². The first kappa shape index (κ1) is 18.1. The molecule has 0 radical (unpaired) electrons. The molecule has 1 saturated heterocycles. The predicted molar refractivity (Wildman–Crippen MR) is 104 cm³/mol. The number of aromatic nitrogens is 2. The number of nitrogens with one attached hydrogen (secondary N) is 1. The number of carbonyl (C=O) groups excluding carboxylic acids is 1. The Balaban J connectivity index is 1.66. The van der Waals surface area contributed by atoms with Gasteiger partial charge in [0.15, 0.2) is 5.69 Å². The third-order valence-corrected chi connectivity index (χ3v) is 5.51.